The molecule has 19 heavy (non-hydrogen) atoms. The predicted octanol–water partition coefficient (Wildman–Crippen LogP) is 4.66. The van der Waals surface area contributed by atoms with E-state index in [4.69, 9.17) is 16.3 Å². The minimum absolute atomic E-state index is 0.0399. The van der Waals surface area contributed by atoms with E-state index in [1.807, 2.05) is 31.2 Å². The average molecular weight is 280 g/mol. The SMILES string of the molecule is COc1cccc(C(C)Nc2ccc(F)cc2Cl)c1. The molecule has 1 unspecified atom stereocenters. The summed E-state index contributed by atoms with van der Waals surface area (Å²) in [5.74, 6) is 0.459. The highest BCUT2D eigenvalue weighted by Crippen LogP contribution is 2.27. The van der Waals surface area contributed by atoms with Gasteiger partial charge in [-0.1, -0.05) is 23.7 Å². The Kier molecular flexibility index (Phi) is 4.27. The van der Waals surface area contributed by atoms with E-state index in [0.29, 0.717) is 10.7 Å². The first-order valence-corrected chi connectivity index (χ1v) is 6.33. The maximum atomic E-state index is 13.0. The molecule has 0 aliphatic carbocycles. The van der Waals surface area contributed by atoms with Crippen LogP contribution < -0.4 is 10.1 Å². The number of halogens is 2. The molecule has 100 valence electrons. The van der Waals surface area contributed by atoms with Crippen LogP contribution in [0.15, 0.2) is 42.5 Å². The Bertz CT molecular complexity index is 574. The van der Waals surface area contributed by atoms with Crippen molar-refractivity contribution in [2.24, 2.45) is 0 Å². The molecule has 0 saturated carbocycles. The van der Waals surface area contributed by atoms with Crippen molar-refractivity contribution in [2.75, 3.05) is 12.4 Å². The molecule has 1 atom stereocenters. The number of benzene rings is 2. The third-order valence-electron chi connectivity index (χ3n) is 2.90. The monoisotopic (exact) mass is 279 g/mol. The van der Waals surface area contributed by atoms with Gasteiger partial charge in [0.2, 0.25) is 0 Å². The Labute approximate surface area is 117 Å². The lowest BCUT2D eigenvalue weighted by Crippen LogP contribution is -2.07. The van der Waals surface area contributed by atoms with Gasteiger partial charge in [-0.15, -0.1) is 0 Å². The van der Waals surface area contributed by atoms with Gasteiger partial charge in [0.25, 0.3) is 0 Å². The zero-order valence-corrected chi connectivity index (χ0v) is 11.5. The Hall–Kier alpha value is -1.74. The molecular weight excluding hydrogens is 265 g/mol. The summed E-state index contributed by atoms with van der Waals surface area (Å²) in [6.45, 7) is 2.01. The van der Waals surface area contributed by atoms with Gasteiger partial charge in [-0.2, -0.15) is 0 Å². The molecule has 0 aliphatic heterocycles. The standard InChI is InChI=1S/C15H15ClFNO/c1-10(11-4-3-5-13(8-11)19-2)18-15-7-6-12(17)9-14(15)16/h3-10,18H,1-2H3. The highest BCUT2D eigenvalue weighted by atomic mass is 35.5. The number of rotatable bonds is 4. The Morgan fingerprint density at radius 3 is 2.68 bits per heavy atom. The summed E-state index contributed by atoms with van der Waals surface area (Å²) in [5.41, 5.74) is 1.78. The van der Waals surface area contributed by atoms with Crippen LogP contribution in [-0.4, -0.2) is 7.11 Å². The van der Waals surface area contributed by atoms with Crippen LogP contribution in [0.25, 0.3) is 0 Å². The number of hydrogen-bond donors (Lipinski definition) is 1. The third-order valence-corrected chi connectivity index (χ3v) is 3.21. The molecule has 1 N–H and O–H groups in total. The Morgan fingerprint density at radius 1 is 1.21 bits per heavy atom. The molecule has 2 rings (SSSR count). The lowest BCUT2D eigenvalue weighted by atomic mass is 10.1. The van der Waals surface area contributed by atoms with Gasteiger partial charge < -0.3 is 10.1 Å². The van der Waals surface area contributed by atoms with Gasteiger partial charge >= 0.3 is 0 Å². The molecule has 2 nitrogen and oxygen atoms in total. The molecular formula is C15H15ClFNO. The van der Waals surface area contributed by atoms with Crippen molar-refractivity contribution in [3.63, 3.8) is 0 Å². The highest BCUT2D eigenvalue weighted by molar-refractivity contribution is 6.33. The summed E-state index contributed by atoms with van der Waals surface area (Å²) in [4.78, 5) is 0. The fraction of sp³-hybridized carbons (Fsp3) is 0.200. The lowest BCUT2D eigenvalue weighted by molar-refractivity contribution is 0.414. The van der Waals surface area contributed by atoms with Crippen molar-refractivity contribution < 1.29 is 9.13 Å². The van der Waals surface area contributed by atoms with Gasteiger partial charge in [0.15, 0.2) is 0 Å². The first kappa shape index (κ1) is 13.7. The summed E-state index contributed by atoms with van der Waals surface area (Å²) in [7, 11) is 1.63. The van der Waals surface area contributed by atoms with E-state index in [-0.39, 0.29) is 11.9 Å². The fourth-order valence-electron chi connectivity index (χ4n) is 1.83. The second-order valence-electron chi connectivity index (χ2n) is 4.27. The van der Waals surface area contributed by atoms with Crippen molar-refractivity contribution >= 4 is 17.3 Å². The molecule has 0 fully saturated rings. The number of ether oxygens (including phenoxy) is 1. The number of anilines is 1. The predicted molar refractivity (Wildman–Crippen MR) is 76.4 cm³/mol. The van der Waals surface area contributed by atoms with E-state index in [1.54, 1.807) is 13.2 Å². The van der Waals surface area contributed by atoms with Crippen LogP contribution in [0.3, 0.4) is 0 Å². The van der Waals surface area contributed by atoms with Gasteiger partial charge in [-0.25, -0.2) is 4.39 Å². The molecule has 0 aliphatic rings. The maximum absolute atomic E-state index is 13.0. The van der Waals surface area contributed by atoms with Crippen molar-refractivity contribution in [3.8, 4) is 5.75 Å². The van der Waals surface area contributed by atoms with E-state index in [0.717, 1.165) is 11.3 Å². The summed E-state index contributed by atoms with van der Waals surface area (Å²) in [6.07, 6.45) is 0. The third kappa shape index (κ3) is 3.38. The highest BCUT2D eigenvalue weighted by Gasteiger charge is 2.09. The Balaban J connectivity index is 2.17. The summed E-state index contributed by atoms with van der Waals surface area (Å²) < 4.78 is 18.2. The van der Waals surface area contributed by atoms with Gasteiger partial charge in [0, 0.05) is 6.04 Å². The molecule has 0 saturated heterocycles. The van der Waals surface area contributed by atoms with Gasteiger partial charge in [-0.3, -0.25) is 0 Å². The molecule has 0 bridgehead atoms. The number of methoxy groups -OCH3 is 1. The molecule has 0 amide bonds. The lowest BCUT2D eigenvalue weighted by Gasteiger charge is -2.17. The first-order chi connectivity index (χ1) is 9.10. The quantitative estimate of drug-likeness (QED) is 0.879. The van der Waals surface area contributed by atoms with Gasteiger partial charge in [0.1, 0.15) is 11.6 Å². The summed E-state index contributed by atoms with van der Waals surface area (Å²) >= 11 is 5.99. The second-order valence-corrected chi connectivity index (χ2v) is 4.67. The van der Waals surface area contributed by atoms with E-state index in [2.05, 4.69) is 5.32 Å². The molecule has 0 spiro atoms. The topological polar surface area (TPSA) is 21.3 Å². The van der Waals surface area contributed by atoms with Crippen molar-refractivity contribution in [3.05, 3.63) is 58.9 Å². The maximum Gasteiger partial charge on any atom is 0.124 e. The van der Waals surface area contributed by atoms with Crippen LogP contribution in [0, 0.1) is 5.82 Å². The first-order valence-electron chi connectivity index (χ1n) is 5.95. The average Bonchev–Trinajstić information content (AvgIpc) is 2.42. The fourth-order valence-corrected chi connectivity index (χ4v) is 2.06. The minimum Gasteiger partial charge on any atom is -0.497 e. The van der Waals surface area contributed by atoms with Crippen molar-refractivity contribution in [1.29, 1.82) is 0 Å². The van der Waals surface area contributed by atoms with Gasteiger partial charge in [0.05, 0.1) is 17.8 Å². The molecule has 0 aromatic heterocycles. The summed E-state index contributed by atoms with van der Waals surface area (Å²) in [5, 5.41) is 3.62. The summed E-state index contributed by atoms with van der Waals surface area (Å²) in [6, 6.07) is 12.1. The van der Waals surface area contributed by atoms with E-state index >= 15 is 0 Å². The van der Waals surface area contributed by atoms with E-state index in [1.165, 1.54) is 12.1 Å². The van der Waals surface area contributed by atoms with Crippen LogP contribution in [0.5, 0.6) is 5.75 Å². The number of nitrogens with one attached hydrogen (secondary N) is 1. The second kappa shape index (κ2) is 5.93. The largest absolute Gasteiger partial charge is 0.497 e. The zero-order chi connectivity index (χ0) is 13.8. The van der Waals surface area contributed by atoms with E-state index in [9.17, 15) is 4.39 Å². The molecule has 0 radical (unpaired) electrons. The molecule has 2 aromatic carbocycles. The van der Waals surface area contributed by atoms with Crippen LogP contribution in [-0.2, 0) is 0 Å². The van der Waals surface area contributed by atoms with E-state index < -0.39 is 0 Å². The minimum atomic E-state index is -0.343. The molecule has 0 heterocycles. The van der Waals surface area contributed by atoms with Crippen LogP contribution >= 0.6 is 11.6 Å². The molecule has 2 aromatic rings. The molecule has 4 heteroatoms. The smallest absolute Gasteiger partial charge is 0.124 e. The Morgan fingerprint density at radius 2 is 2.00 bits per heavy atom. The van der Waals surface area contributed by atoms with Gasteiger partial charge in [-0.05, 0) is 42.8 Å². The number of hydrogen-bond acceptors (Lipinski definition) is 2. The van der Waals surface area contributed by atoms with Crippen molar-refractivity contribution in [2.45, 2.75) is 13.0 Å². The van der Waals surface area contributed by atoms with Crippen LogP contribution in [0.4, 0.5) is 10.1 Å². The van der Waals surface area contributed by atoms with Crippen LogP contribution in [0.1, 0.15) is 18.5 Å². The zero-order valence-electron chi connectivity index (χ0n) is 10.8. The van der Waals surface area contributed by atoms with Crippen LogP contribution in [0.2, 0.25) is 5.02 Å². The van der Waals surface area contributed by atoms with Crippen molar-refractivity contribution in [1.82, 2.24) is 0 Å². The normalized spacial score (nSPS) is 12.0.